The van der Waals surface area contributed by atoms with Gasteiger partial charge in [-0.15, -0.1) is 0 Å². The molecule has 0 saturated carbocycles. The van der Waals surface area contributed by atoms with Gasteiger partial charge in [-0.2, -0.15) is 0 Å². The Morgan fingerprint density at radius 3 is 2.18 bits per heavy atom. The Balaban J connectivity index is 1.69. The third-order valence-electron chi connectivity index (χ3n) is 4.28. The van der Waals surface area contributed by atoms with Crippen molar-refractivity contribution in [2.24, 2.45) is 5.14 Å². The van der Waals surface area contributed by atoms with Gasteiger partial charge in [0.2, 0.25) is 15.9 Å². The number of amides is 1. The van der Waals surface area contributed by atoms with E-state index in [1.165, 1.54) is 17.7 Å². The van der Waals surface area contributed by atoms with Gasteiger partial charge >= 0.3 is 0 Å². The molecule has 7 heteroatoms. The quantitative estimate of drug-likeness (QED) is 0.661. The number of primary sulfonamides is 1. The van der Waals surface area contributed by atoms with Gasteiger partial charge in [-0.25, -0.2) is 13.6 Å². The minimum absolute atomic E-state index is 0.0512. The maximum Gasteiger partial charge on any atom is 0.238 e. The molecule has 1 amide bonds. The summed E-state index contributed by atoms with van der Waals surface area (Å²) in [6.45, 7) is 7.28. The monoisotopic (exact) mass is 404 g/mol. The fraction of sp³-hybridized carbons (Fsp3) is 0.381. The number of sulfonamides is 1. The van der Waals surface area contributed by atoms with E-state index in [1.54, 1.807) is 12.1 Å². The van der Waals surface area contributed by atoms with E-state index in [2.05, 4.69) is 38.2 Å². The van der Waals surface area contributed by atoms with Crippen LogP contribution in [0.3, 0.4) is 0 Å². The van der Waals surface area contributed by atoms with E-state index in [-0.39, 0.29) is 16.2 Å². The zero-order valence-electron chi connectivity index (χ0n) is 16.6. The molecule has 3 N–H and O–H groups in total. The predicted molar refractivity (Wildman–Crippen MR) is 110 cm³/mol. The van der Waals surface area contributed by atoms with Crippen LogP contribution in [0.2, 0.25) is 0 Å². The normalized spacial score (nSPS) is 11.9. The standard InChI is InChI=1S/C21H28N2O4S/c1-21(2,3)17-8-10-18(11-9-17)27-14-4-5-20(24)23-15-16-6-12-19(13-7-16)28(22,25)26/h6-13H,4-5,14-15H2,1-3H3,(H,23,24)(H2,22,25,26). The van der Waals surface area contributed by atoms with Crippen LogP contribution in [0, 0.1) is 0 Å². The van der Waals surface area contributed by atoms with E-state index in [4.69, 9.17) is 9.88 Å². The van der Waals surface area contributed by atoms with E-state index >= 15 is 0 Å². The Morgan fingerprint density at radius 1 is 1.04 bits per heavy atom. The molecule has 0 heterocycles. The fourth-order valence-corrected chi connectivity index (χ4v) is 3.08. The largest absolute Gasteiger partial charge is 0.494 e. The first-order valence-electron chi connectivity index (χ1n) is 9.17. The fourth-order valence-electron chi connectivity index (χ4n) is 2.56. The number of nitrogens with two attached hydrogens (primary N) is 1. The summed E-state index contributed by atoms with van der Waals surface area (Å²) in [5.74, 6) is 0.713. The molecule has 0 aliphatic rings. The maximum absolute atomic E-state index is 11.9. The van der Waals surface area contributed by atoms with Crippen molar-refractivity contribution in [2.75, 3.05) is 6.61 Å². The summed E-state index contributed by atoms with van der Waals surface area (Å²) < 4.78 is 28.1. The SMILES string of the molecule is CC(C)(C)c1ccc(OCCCC(=O)NCc2ccc(S(N)(=O)=O)cc2)cc1. The minimum atomic E-state index is -3.70. The molecule has 0 radical (unpaired) electrons. The number of rotatable bonds is 8. The molecule has 152 valence electrons. The van der Waals surface area contributed by atoms with Crippen LogP contribution in [0.4, 0.5) is 0 Å². The Labute approximate surface area is 167 Å². The number of hydrogen-bond donors (Lipinski definition) is 2. The second kappa shape index (κ2) is 9.21. The number of nitrogens with one attached hydrogen (secondary N) is 1. The first-order valence-corrected chi connectivity index (χ1v) is 10.7. The predicted octanol–water partition coefficient (Wildman–Crippen LogP) is 3.11. The van der Waals surface area contributed by atoms with Crippen LogP contribution < -0.4 is 15.2 Å². The summed E-state index contributed by atoms with van der Waals surface area (Å²) in [5, 5.41) is 7.86. The Kier molecular flexibility index (Phi) is 7.21. The molecule has 0 fully saturated rings. The Morgan fingerprint density at radius 2 is 1.64 bits per heavy atom. The van der Waals surface area contributed by atoms with Crippen molar-refractivity contribution in [1.29, 1.82) is 0 Å². The smallest absolute Gasteiger partial charge is 0.238 e. The molecule has 28 heavy (non-hydrogen) atoms. The van der Waals surface area contributed by atoms with Gasteiger partial charge in [0, 0.05) is 13.0 Å². The van der Waals surface area contributed by atoms with E-state index in [1.807, 2.05) is 12.1 Å². The van der Waals surface area contributed by atoms with Gasteiger partial charge in [0.05, 0.1) is 11.5 Å². The molecule has 0 spiro atoms. The summed E-state index contributed by atoms with van der Waals surface area (Å²) >= 11 is 0. The average Bonchev–Trinajstić information content (AvgIpc) is 2.63. The van der Waals surface area contributed by atoms with Gasteiger partial charge in [-0.1, -0.05) is 45.0 Å². The molecule has 2 rings (SSSR count). The molecule has 6 nitrogen and oxygen atoms in total. The minimum Gasteiger partial charge on any atom is -0.494 e. The topological polar surface area (TPSA) is 98.5 Å². The summed E-state index contributed by atoms with van der Waals surface area (Å²) in [4.78, 5) is 12.0. The van der Waals surface area contributed by atoms with E-state index in [9.17, 15) is 13.2 Å². The van der Waals surface area contributed by atoms with Crippen molar-refractivity contribution in [3.05, 3.63) is 59.7 Å². The second-order valence-corrected chi connectivity index (χ2v) is 9.25. The van der Waals surface area contributed by atoms with E-state index in [0.29, 0.717) is 26.0 Å². The van der Waals surface area contributed by atoms with Gasteiger partial charge in [0.1, 0.15) is 5.75 Å². The van der Waals surface area contributed by atoms with E-state index in [0.717, 1.165) is 11.3 Å². The average molecular weight is 405 g/mol. The number of hydrogen-bond acceptors (Lipinski definition) is 4. The number of benzene rings is 2. The lowest BCUT2D eigenvalue weighted by atomic mass is 9.87. The van der Waals surface area contributed by atoms with Crippen molar-refractivity contribution >= 4 is 15.9 Å². The highest BCUT2D eigenvalue weighted by molar-refractivity contribution is 7.89. The lowest BCUT2D eigenvalue weighted by Crippen LogP contribution is -2.23. The zero-order chi connectivity index (χ0) is 20.8. The summed E-state index contributed by atoms with van der Waals surface area (Å²) in [6.07, 6.45) is 0.965. The molecule has 0 unspecified atom stereocenters. The number of carbonyl (C=O) groups excluding carboxylic acids is 1. The van der Waals surface area contributed by atoms with Gasteiger partial charge in [-0.3, -0.25) is 4.79 Å². The summed E-state index contributed by atoms with van der Waals surface area (Å²) in [5.41, 5.74) is 2.16. The highest BCUT2D eigenvalue weighted by Gasteiger charge is 2.13. The van der Waals surface area contributed by atoms with Crippen LogP contribution >= 0.6 is 0 Å². The number of ether oxygens (including phenoxy) is 1. The molecule has 2 aromatic carbocycles. The van der Waals surface area contributed by atoms with Crippen LogP contribution in [0.5, 0.6) is 5.75 Å². The highest BCUT2D eigenvalue weighted by Crippen LogP contribution is 2.24. The lowest BCUT2D eigenvalue weighted by Gasteiger charge is -2.19. The van der Waals surface area contributed by atoms with E-state index < -0.39 is 10.0 Å². The molecular formula is C21H28N2O4S. The Hall–Kier alpha value is -2.38. The van der Waals surface area contributed by atoms with Crippen molar-refractivity contribution in [3.63, 3.8) is 0 Å². The number of carbonyl (C=O) groups is 1. The Bertz CT molecular complexity index is 883. The van der Waals surface area contributed by atoms with Gasteiger partial charge in [0.25, 0.3) is 0 Å². The van der Waals surface area contributed by atoms with Crippen LogP contribution in [0.1, 0.15) is 44.7 Å². The third-order valence-corrected chi connectivity index (χ3v) is 5.21. The van der Waals surface area contributed by atoms with Crippen LogP contribution in [-0.2, 0) is 26.8 Å². The third kappa shape index (κ3) is 6.98. The van der Waals surface area contributed by atoms with Gasteiger partial charge < -0.3 is 10.1 Å². The zero-order valence-corrected chi connectivity index (χ0v) is 17.4. The van der Waals surface area contributed by atoms with Gasteiger partial charge in [-0.05, 0) is 47.2 Å². The molecule has 0 aromatic heterocycles. The second-order valence-electron chi connectivity index (χ2n) is 7.69. The molecular weight excluding hydrogens is 376 g/mol. The van der Waals surface area contributed by atoms with Crippen molar-refractivity contribution in [1.82, 2.24) is 5.32 Å². The van der Waals surface area contributed by atoms with Gasteiger partial charge in [0.15, 0.2) is 0 Å². The van der Waals surface area contributed by atoms with Crippen molar-refractivity contribution < 1.29 is 17.9 Å². The van der Waals surface area contributed by atoms with Crippen LogP contribution in [0.25, 0.3) is 0 Å². The first-order chi connectivity index (χ1) is 13.1. The molecule has 0 aliphatic heterocycles. The van der Waals surface area contributed by atoms with Crippen LogP contribution in [-0.4, -0.2) is 20.9 Å². The maximum atomic E-state index is 11.9. The molecule has 0 bridgehead atoms. The molecule has 0 aliphatic carbocycles. The van der Waals surface area contributed by atoms with Crippen molar-refractivity contribution in [3.8, 4) is 5.75 Å². The molecule has 2 aromatic rings. The van der Waals surface area contributed by atoms with Crippen LogP contribution in [0.15, 0.2) is 53.4 Å². The summed E-state index contributed by atoms with van der Waals surface area (Å²) in [6, 6.07) is 14.1. The van der Waals surface area contributed by atoms with Crippen molar-refractivity contribution in [2.45, 2.75) is 50.5 Å². The molecule has 0 atom stereocenters. The lowest BCUT2D eigenvalue weighted by molar-refractivity contribution is -0.121. The first kappa shape index (κ1) is 21.9. The summed E-state index contributed by atoms with van der Waals surface area (Å²) in [7, 11) is -3.70. The highest BCUT2D eigenvalue weighted by atomic mass is 32.2. The molecule has 0 saturated heterocycles.